The average molecular weight is 266 g/mol. The van der Waals surface area contributed by atoms with E-state index in [0.717, 1.165) is 11.1 Å². The molecule has 1 aliphatic carbocycles. The molecule has 6 heteroatoms. The monoisotopic (exact) mass is 266 g/mol. The molecule has 0 spiro atoms. The molecular formula is C12H18N4OS. The van der Waals surface area contributed by atoms with Crippen molar-refractivity contribution in [3.8, 4) is 0 Å². The van der Waals surface area contributed by atoms with Gasteiger partial charge in [-0.1, -0.05) is 29.8 Å². The third-order valence-corrected chi connectivity index (χ3v) is 4.70. The Bertz CT molecular complexity index is 445. The number of aliphatic imine (C=N–C) groups is 1. The van der Waals surface area contributed by atoms with Crippen molar-refractivity contribution in [3.63, 3.8) is 0 Å². The van der Waals surface area contributed by atoms with Crippen LogP contribution < -0.4 is 5.32 Å². The molecule has 98 valence electrons. The van der Waals surface area contributed by atoms with Gasteiger partial charge in [0, 0.05) is 18.7 Å². The van der Waals surface area contributed by atoms with E-state index in [2.05, 4.69) is 20.4 Å². The second-order valence-electron chi connectivity index (χ2n) is 4.96. The topological polar surface area (TPSA) is 63.3 Å². The van der Waals surface area contributed by atoms with Gasteiger partial charge < -0.3 is 9.84 Å². The predicted octanol–water partition coefficient (Wildman–Crippen LogP) is 2.13. The Balaban J connectivity index is 1.59. The largest absolute Gasteiger partial charge is 0.362 e. The van der Waals surface area contributed by atoms with Crippen LogP contribution in [0.2, 0.25) is 0 Å². The van der Waals surface area contributed by atoms with E-state index in [1.807, 2.05) is 11.8 Å². The van der Waals surface area contributed by atoms with Crippen LogP contribution in [0.3, 0.4) is 0 Å². The zero-order chi connectivity index (χ0) is 12.4. The van der Waals surface area contributed by atoms with Gasteiger partial charge in [-0.25, -0.2) is 0 Å². The van der Waals surface area contributed by atoms with Gasteiger partial charge in [-0.2, -0.15) is 4.98 Å². The van der Waals surface area contributed by atoms with E-state index in [1.165, 1.54) is 31.4 Å². The molecule has 1 N–H and O–H groups in total. The van der Waals surface area contributed by atoms with Crippen LogP contribution in [0, 0.1) is 12.8 Å². The van der Waals surface area contributed by atoms with Gasteiger partial charge in [-0.05, 0) is 18.8 Å². The number of hydrogen-bond donors (Lipinski definition) is 1. The Morgan fingerprint density at radius 1 is 1.44 bits per heavy atom. The molecule has 2 unspecified atom stereocenters. The molecule has 1 aromatic rings. The van der Waals surface area contributed by atoms with E-state index in [1.54, 1.807) is 6.92 Å². The summed E-state index contributed by atoms with van der Waals surface area (Å²) in [6, 6.07) is 0.630. The van der Waals surface area contributed by atoms with Crippen LogP contribution in [-0.4, -0.2) is 27.1 Å². The second-order valence-corrected chi connectivity index (χ2v) is 5.97. The lowest BCUT2D eigenvalue weighted by atomic mass is 9.86. The molecule has 1 aromatic heterocycles. The fourth-order valence-electron chi connectivity index (χ4n) is 2.62. The molecule has 0 bridgehead atoms. The van der Waals surface area contributed by atoms with E-state index < -0.39 is 0 Å². The molecule has 0 amide bonds. The Kier molecular flexibility index (Phi) is 3.54. The number of thioether (sulfide) groups is 1. The standard InChI is InChI=1S/C12H18N4OS/c1-8-14-11(16-17-8)6-13-12-15-10-5-3-2-4-9(10)7-18-12/h9-10H,2-7H2,1H3,(H,13,15). The minimum absolute atomic E-state index is 0.504. The van der Waals surface area contributed by atoms with Gasteiger partial charge >= 0.3 is 0 Å². The quantitative estimate of drug-likeness (QED) is 0.888. The zero-order valence-corrected chi connectivity index (χ0v) is 11.4. The van der Waals surface area contributed by atoms with Gasteiger partial charge in [-0.3, -0.25) is 4.99 Å². The van der Waals surface area contributed by atoms with E-state index in [9.17, 15) is 0 Å². The average Bonchev–Trinajstić information content (AvgIpc) is 2.82. The van der Waals surface area contributed by atoms with Crippen molar-refractivity contribution in [2.45, 2.75) is 45.2 Å². The summed E-state index contributed by atoms with van der Waals surface area (Å²) in [5.41, 5.74) is 0. The van der Waals surface area contributed by atoms with Crippen LogP contribution in [-0.2, 0) is 6.54 Å². The van der Waals surface area contributed by atoms with Crippen LogP contribution >= 0.6 is 11.8 Å². The van der Waals surface area contributed by atoms with Gasteiger partial charge in [0.25, 0.3) is 0 Å². The van der Waals surface area contributed by atoms with Crippen molar-refractivity contribution in [1.29, 1.82) is 0 Å². The van der Waals surface area contributed by atoms with Gasteiger partial charge in [0.1, 0.15) is 6.54 Å². The number of amidine groups is 1. The molecule has 2 fully saturated rings. The van der Waals surface area contributed by atoms with Crippen LogP contribution in [0.4, 0.5) is 0 Å². The third kappa shape index (κ3) is 2.68. The predicted molar refractivity (Wildman–Crippen MR) is 71.5 cm³/mol. The maximum absolute atomic E-state index is 4.93. The van der Waals surface area contributed by atoms with E-state index in [-0.39, 0.29) is 0 Å². The Hall–Kier alpha value is -1.04. The lowest BCUT2D eigenvalue weighted by Gasteiger charge is -2.36. The van der Waals surface area contributed by atoms with Crippen LogP contribution in [0.1, 0.15) is 37.4 Å². The summed E-state index contributed by atoms with van der Waals surface area (Å²) in [6.45, 7) is 2.30. The van der Waals surface area contributed by atoms with Crippen molar-refractivity contribution >= 4 is 16.9 Å². The van der Waals surface area contributed by atoms with Crippen molar-refractivity contribution in [3.05, 3.63) is 11.7 Å². The minimum atomic E-state index is 0.504. The first kappa shape index (κ1) is 12.0. The number of fused-ring (bicyclic) bond motifs is 1. The molecule has 2 atom stereocenters. The first-order valence-corrected chi connectivity index (χ1v) is 7.53. The second kappa shape index (κ2) is 5.30. The molecule has 0 aromatic carbocycles. The number of nitrogens with one attached hydrogen (secondary N) is 1. The number of aromatic nitrogens is 2. The lowest BCUT2D eigenvalue weighted by molar-refractivity contribution is 0.311. The zero-order valence-electron chi connectivity index (χ0n) is 10.6. The number of nitrogens with zero attached hydrogens (tertiary/aromatic N) is 3. The summed E-state index contributed by atoms with van der Waals surface area (Å²) in [7, 11) is 0. The molecule has 1 aliphatic heterocycles. The summed E-state index contributed by atoms with van der Waals surface area (Å²) in [5, 5.41) is 8.45. The lowest BCUT2D eigenvalue weighted by Crippen LogP contribution is -2.46. The highest BCUT2D eigenvalue weighted by atomic mass is 32.2. The van der Waals surface area contributed by atoms with Gasteiger partial charge in [0.05, 0.1) is 0 Å². The fraction of sp³-hybridized carbons (Fsp3) is 0.750. The van der Waals surface area contributed by atoms with Gasteiger partial charge in [0.2, 0.25) is 5.89 Å². The summed E-state index contributed by atoms with van der Waals surface area (Å²) >= 11 is 1.83. The van der Waals surface area contributed by atoms with E-state index in [4.69, 9.17) is 4.52 Å². The van der Waals surface area contributed by atoms with Crippen molar-refractivity contribution < 1.29 is 4.52 Å². The molecule has 5 nitrogen and oxygen atoms in total. The molecule has 2 heterocycles. The van der Waals surface area contributed by atoms with Crippen LogP contribution in [0.15, 0.2) is 9.52 Å². The van der Waals surface area contributed by atoms with E-state index in [0.29, 0.717) is 24.3 Å². The molecule has 3 rings (SSSR count). The molecular weight excluding hydrogens is 248 g/mol. The first-order valence-electron chi connectivity index (χ1n) is 6.54. The van der Waals surface area contributed by atoms with Crippen LogP contribution in [0.5, 0.6) is 0 Å². The molecule has 0 radical (unpaired) electrons. The number of aryl methyl sites for hydroxylation is 1. The third-order valence-electron chi connectivity index (χ3n) is 3.59. The van der Waals surface area contributed by atoms with Crippen molar-refractivity contribution in [2.24, 2.45) is 10.9 Å². The smallest absolute Gasteiger partial charge is 0.223 e. The number of rotatable bonds is 2. The Labute approximate surface area is 111 Å². The summed E-state index contributed by atoms with van der Waals surface area (Å²) in [4.78, 5) is 8.70. The Morgan fingerprint density at radius 2 is 2.33 bits per heavy atom. The summed E-state index contributed by atoms with van der Waals surface area (Å²) < 4.78 is 4.93. The Morgan fingerprint density at radius 3 is 3.17 bits per heavy atom. The highest BCUT2D eigenvalue weighted by Gasteiger charge is 2.30. The van der Waals surface area contributed by atoms with Gasteiger partial charge in [0.15, 0.2) is 11.0 Å². The maximum Gasteiger partial charge on any atom is 0.223 e. The molecule has 1 saturated carbocycles. The highest BCUT2D eigenvalue weighted by molar-refractivity contribution is 8.13. The minimum Gasteiger partial charge on any atom is -0.362 e. The fourth-order valence-corrected chi connectivity index (χ4v) is 3.78. The SMILES string of the molecule is Cc1nc(CN=C2NC3CCCCC3CS2)no1. The van der Waals surface area contributed by atoms with Crippen molar-refractivity contribution in [2.75, 3.05) is 5.75 Å². The van der Waals surface area contributed by atoms with Crippen molar-refractivity contribution in [1.82, 2.24) is 15.5 Å². The van der Waals surface area contributed by atoms with Crippen LogP contribution in [0.25, 0.3) is 0 Å². The highest BCUT2D eigenvalue weighted by Crippen LogP contribution is 2.31. The summed E-state index contributed by atoms with van der Waals surface area (Å²) in [5.74, 6) is 3.28. The van der Waals surface area contributed by atoms with E-state index >= 15 is 0 Å². The first-order chi connectivity index (χ1) is 8.81. The molecule has 2 aliphatic rings. The maximum atomic E-state index is 4.93. The number of hydrogen-bond acceptors (Lipinski definition) is 5. The van der Waals surface area contributed by atoms with Gasteiger partial charge in [-0.15, -0.1) is 0 Å². The normalized spacial score (nSPS) is 29.9. The summed E-state index contributed by atoms with van der Waals surface area (Å²) in [6.07, 6.45) is 5.38. The molecule has 1 saturated heterocycles. The molecule has 18 heavy (non-hydrogen) atoms.